The molecule has 0 saturated heterocycles. The molecule has 4 heterocycles. The van der Waals surface area contributed by atoms with E-state index >= 15 is 0 Å². The van der Waals surface area contributed by atoms with Gasteiger partial charge in [0.05, 0.1) is 0 Å². The molecular formula is C42H26N4S2. The van der Waals surface area contributed by atoms with Crippen molar-refractivity contribution in [1.29, 1.82) is 0 Å². The highest BCUT2D eigenvalue weighted by molar-refractivity contribution is 7.13. The summed E-state index contributed by atoms with van der Waals surface area (Å²) in [6.07, 6.45) is 11.4. The van der Waals surface area contributed by atoms with E-state index in [9.17, 15) is 0 Å². The lowest BCUT2D eigenvalue weighted by atomic mass is 9.85. The normalized spacial score (nSPS) is 11.3. The Bertz CT molecular complexity index is 2540. The predicted molar refractivity (Wildman–Crippen MR) is 201 cm³/mol. The van der Waals surface area contributed by atoms with Gasteiger partial charge in [0.1, 0.15) is 10.0 Å². The summed E-state index contributed by atoms with van der Waals surface area (Å²) in [5, 5.41) is 10.6. The number of hydrogen-bond donors (Lipinski definition) is 0. The largest absolute Gasteiger partial charge is 0.263 e. The number of rotatable bonds is 6. The van der Waals surface area contributed by atoms with Crippen molar-refractivity contribution >= 4 is 44.2 Å². The minimum Gasteiger partial charge on any atom is -0.263 e. The molecule has 0 fully saturated rings. The molecule has 9 rings (SSSR count). The van der Waals surface area contributed by atoms with Crippen LogP contribution >= 0.6 is 22.7 Å². The molecule has 5 aromatic carbocycles. The molecule has 48 heavy (non-hydrogen) atoms. The summed E-state index contributed by atoms with van der Waals surface area (Å²) in [6.45, 7) is 0. The number of aromatic nitrogens is 4. The van der Waals surface area contributed by atoms with Gasteiger partial charge in [-0.1, -0.05) is 91.0 Å². The minimum atomic E-state index is 0.957. The van der Waals surface area contributed by atoms with Crippen molar-refractivity contribution in [2.24, 2.45) is 0 Å². The van der Waals surface area contributed by atoms with Gasteiger partial charge in [0.25, 0.3) is 0 Å². The van der Waals surface area contributed by atoms with Crippen molar-refractivity contribution in [2.75, 3.05) is 0 Å². The van der Waals surface area contributed by atoms with Crippen LogP contribution in [0.4, 0.5) is 0 Å². The minimum absolute atomic E-state index is 0.957. The molecule has 0 aliphatic rings. The smallest absolute Gasteiger partial charge is 0.124 e. The van der Waals surface area contributed by atoms with Gasteiger partial charge >= 0.3 is 0 Å². The Hall–Kier alpha value is -5.82. The molecule has 4 aromatic heterocycles. The van der Waals surface area contributed by atoms with E-state index in [-0.39, 0.29) is 0 Å². The fourth-order valence-electron chi connectivity index (χ4n) is 6.58. The van der Waals surface area contributed by atoms with Gasteiger partial charge in [-0.3, -0.25) is 9.97 Å². The lowest BCUT2D eigenvalue weighted by molar-refractivity contribution is 1.31. The van der Waals surface area contributed by atoms with Gasteiger partial charge in [-0.05, 0) is 73.1 Å². The Labute approximate surface area is 285 Å². The first-order valence-corrected chi connectivity index (χ1v) is 17.4. The lowest BCUT2D eigenvalue weighted by Crippen LogP contribution is -1.93. The van der Waals surface area contributed by atoms with Gasteiger partial charge in [-0.15, -0.1) is 22.7 Å². The standard InChI is InChI=1S/C42H26N4S2/c1-2-6-27(7-3-1)28-10-12-29(13-11-28)30-14-15-37-38(22-30)40(32-21-34(26-44-24-32)42-46-17-19-48-42)36-9-5-4-8-35(36)39(37)31-20-33(25-43-23-31)41-45-16-18-47-41/h1-26H. The number of fused-ring (bicyclic) bond motifs is 2. The fraction of sp³-hybridized carbons (Fsp3) is 0. The van der Waals surface area contributed by atoms with Gasteiger partial charge in [-0.2, -0.15) is 0 Å². The summed E-state index contributed by atoms with van der Waals surface area (Å²) in [7, 11) is 0. The third-order valence-corrected chi connectivity index (χ3v) is 10.4. The van der Waals surface area contributed by atoms with Gasteiger partial charge < -0.3 is 0 Å². The zero-order valence-corrected chi connectivity index (χ0v) is 27.2. The lowest BCUT2D eigenvalue weighted by Gasteiger charge is -2.19. The second-order valence-electron chi connectivity index (χ2n) is 11.6. The maximum atomic E-state index is 4.72. The third kappa shape index (κ3) is 5.08. The number of nitrogens with zero attached hydrogens (tertiary/aromatic N) is 4. The predicted octanol–water partition coefficient (Wildman–Crippen LogP) is 11.7. The molecular weight excluding hydrogens is 625 g/mol. The van der Waals surface area contributed by atoms with Gasteiger partial charge in [-0.25, -0.2) is 9.97 Å². The zero-order valence-electron chi connectivity index (χ0n) is 25.6. The van der Waals surface area contributed by atoms with E-state index in [1.807, 2.05) is 47.9 Å². The number of hydrogen-bond acceptors (Lipinski definition) is 6. The quantitative estimate of drug-likeness (QED) is 0.168. The maximum Gasteiger partial charge on any atom is 0.124 e. The third-order valence-electron chi connectivity index (χ3n) is 8.76. The molecule has 6 heteroatoms. The molecule has 0 aliphatic heterocycles. The average Bonchev–Trinajstić information content (AvgIpc) is 3.90. The van der Waals surface area contributed by atoms with Crippen molar-refractivity contribution in [1.82, 2.24) is 19.9 Å². The molecule has 0 amide bonds. The summed E-state index contributed by atoms with van der Waals surface area (Å²) in [5.41, 5.74) is 11.2. The Morgan fingerprint density at radius 1 is 0.354 bits per heavy atom. The topological polar surface area (TPSA) is 51.6 Å². The highest BCUT2D eigenvalue weighted by Crippen LogP contribution is 2.45. The Balaban J connectivity index is 1.30. The number of pyridine rings is 2. The second-order valence-corrected chi connectivity index (χ2v) is 13.4. The van der Waals surface area contributed by atoms with E-state index in [1.54, 1.807) is 22.7 Å². The van der Waals surface area contributed by atoms with Crippen LogP contribution in [0.5, 0.6) is 0 Å². The molecule has 0 spiro atoms. The van der Waals surface area contributed by atoms with E-state index in [0.717, 1.165) is 70.5 Å². The van der Waals surface area contributed by atoms with Crippen LogP contribution in [-0.4, -0.2) is 19.9 Å². The van der Waals surface area contributed by atoms with Crippen LogP contribution in [0.1, 0.15) is 0 Å². The van der Waals surface area contributed by atoms with Crippen LogP contribution < -0.4 is 0 Å². The van der Waals surface area contributed by atoms with Crippen LogP contribution in [0.3, 0.4) is 0 Å². The number of benzene rings is 5. The van der Waals surface area contributed by atoms with Gasteiger partial charge in [0.15, 0.2) is 0 Å². The van der Waals surface area contributed by atoms with E-state index in [1.165, 1.54) is 16.7 Å². The SMILES string of the molecule is c1ccc(-c2ccc(-c3ccc4c(-c5cncc(-c6nccs6)c5)c5ccccc5c(-c5cncc(-c6nccs6)c5)c4c3)cc2)cc1. The summed E-state index contributed by atoms with van der Waals surface area (Å²) >= 11 is 3.25. The molecule has 4 nitrogen and oxygen atoms in total. The van der Waals surface area contributed by atoms with Crippen LogP contribution in [0.25, 0.3) is 87.2 Å². The Morgan fingerprint density at radius 3 is 1.38 bits per heavy atom. The molecule has 0 atom stereocenters. The van der Waals surface area contributed by atoms with Crippen LogP contribution in [0, 0.1) is 0 Å². The summed E-state index contributed by atoms with van der Waals surface area (Å²) in [4.78, 5) is 18.6. The van der Waals surface area contributed by atoms with Crippen molar-refractivity contribution < 1.29 is 0 Å². The summed E-state index contributed by atoms with van der Waals surface area (Å²) in [5.74, 6) is 0. The summed E-state index contributed by atoms with van der Waals surface area (Å²) in [6, 6.07) is 39.3. The first-order valence-electron chi connectivity index (χ1n) is 15.6. The van der Waals surface area contributed by atoms with Crippen molar-refractivity contribution in [3.05, 3.63) is 157 Å². The van der Waals surface area contributed by atoms with Crippen molar-refractivity contribution in [3.63, 3.8) is 0 Å². The average molecular weight is 651 g/mol. The monoisotopic (exact) mass is 650 g/mol. The molecule has 0 N–H and O–H groups in total. The second kappa shape index (κ2) is 12.1. The van der Waals surface area contributed by atoms with Crippen molar-refractivity contribution in [3.8, 4) is 65.6 Å². The van der Waals surface area contributed by atoms with Gasteiger partial charge in [0, 0.05) is 70.2 Å². The van der Waals surface area contributed by atoms with E-state index < -0.39 is 0 Å². The Morgan fingerprint density at radius 2 is 0.812 bits per heavy atom. The highest BCUT2D eigenvalue weighted by atomic mass is 32.1. The van der Waals surface area contributed by atoms with Crippen molar-refractivity contribution in [2.45, 2.75) is 0 Å². The summed E-state index contributed by atoms with van der Waals surface area (Å²) < 4.78 is 0. The first-order chi connectivity index (χ1) is 23.8. The molecule has 0 saturated carbocycles. The highest BCUT2D eigenvalue weighted by Gasteiger charge is 2.19. The molecule has 0 unspecified atom stereocenters. The maximum absolute atomic E-state index is 4.72. The molecule has 0 aliphatic carbocycles. The molecule has 0 radical (unpaired) electrons. The fourth-order valence-corrected chi connectivity index (χ4v) is 7.83. The van der Waals surface area contributed by atoms with Gasteiger partial charge in [0.2, 0.25) is 0 Å². The van der Waals surface area contributed by atoms with E-state index in [2.05, 4.69) is 119 Å². The first kappa shape index (κ1) is 28.4. The molecule has 9 aromatic rings. The van der Waals surface area contributed by atoms with Crippen LogP contribution in [0.2, 0.25) is 0 Å². The zero-order chi connectivity index (χ0) is 31.9. The number of thiazole rings is 2. The van der Waals surface area contributed by atoms with E-state index in [0.29, 0.717) is 0 Å². The van der Waals surface area contributed by atoms with E-state index in [4.69, 9.17) is 9.97 Å². The van der Waals surface area contributed by atoms with Crippen LogP contribution in [-0.2, 0) is 0 Å². The Kier molecular flexibility index (Phi) is 7.15. The van der Waals surface area contributed by atoms with Crippen LogP contribution in [0.15, 0.2) is 157 Å². The molecule has 226 valence electrons. The molecule has 0 bridgehead atoms.